The first kappa shape index (κ1) is 11.1. The van der Waals surface area contributed by atoms with Crippen LogP contribution in [0.3, 0.4) is 0 Å². The zero-order chi connectivity index (χ0) is 10.4. The van der Waals surface area contributed by atoms with E-state index in [4.69, 9.17) is 5.73 Å². The fourth-order valence-corrected chi connectivity index (χ4v) is 1.11. The molecule has 1 aromatic heterocycles. The van der Waals surface area contributed by atoms with Gasteiger partial charge in [0.15, 0.2) is 0 Å². The summed E-state index contributed by atoms with van der Waals surface area (Å²) < 4.78 is 1.82. The molecule has 1 heterocycles. The summed E-state index contributed by atoms with van der Waals surface area (Å²) in [5, 5.41) is 11.3. The Morgan fingerprint density at radius 2 is 2.43 bits per heavy atom. The summed E-state index contributed by atoms with van der Waals surface area (Å²) in [6.07, 6.45) is 3.03. The summed E-state index contributed by atoms with van der Waals surface area (Å²) in [4.78, 5) is 0. The number of nitrogens with two attached hydrogens (primary N) is 1. The maximum absolute atomic E-state index is 5.43. The molecule has 0 fully saturated rings. The van der Waals surface area contributed by atoms with Gasteiger partial charge in [0, 0.05) is 25.3 Å². The molecule has 0 saturated heterocycles. The Morgan fingerprint density at radius 3 is 3.00 bits per heavy atom. The summed E-state index contributed by atoms with van der Waals surface area (Å²) in [5.41, 5.74) is 6.27. The Bertz CT molecular complexity index is 257. The number of hydrogen-bond acceptors (Lipinski definition) is 4. The van der Waals surface area contributed by atoms with Gasteiger partial charge >= 0.3 is 0 Å². The van der Waals surface area contributed by atoms with Crippen molar-refractivity contribution in [2.24, 2.45) is 5.73 Å². The van der Waals surface area contributed by atoms with Crippen molar-refractivity contribution in [2.75, 3.05) is 6.54 Å². The van der Waals surface area contributed by atoms with E-state index in [1.54, 1.807) is 0 Å². The maximum atomic E-state index is 5.43. The van der Waals surface area contributed by atoms with Gasteiger partial charge in [-0.3, -0.25) is 4.68 Å². The number of rotatable bonds is 6. The monoisotopic (exact) mass is 197 g/mol. The van der Waals surface area contributed by atoms with Gasteiger partial charge < -0.3 is 11.1 Å². The zero-order valence-electron chi connectivity index (χ0n) is 8.90. The largest absolute Gasteiger partial charge is 0.325 e. The fraction of sp³-hybridized carbons (Fsp3) is 0.778. The highest BCUT2D eigenvalue weighted by Crippen LogP contribution is 1.91. The van der Waals surface area contributed by atoms with Crippen molar-refractivity contribution < 1.29 is 0 Å². The van der Waals surface area contributed by atoms with E-state index in [1.807, 2.05) is 10.9 Å². The van der Waals surface area contributed by atoms with Crippen molar-refractivity contribution >= 4 is 0 Å². The topological polar surface area (TPSA) is 68.8 Å². The van der Waals surface area contributed by atoms with Crippen LogP contribution >= 0.6 is 0 Å². The summed E-state index contributed by atoms with van der Waals surface area (Å²) in [6.45, 7) is 6.56. The van der Waals surface area contributed by atoms with Crippen LogP contribution in [0.15, 0.2) is 6.20 Å². The first-order chi connectivity index (χ1) is 6.76. The third-order valence-electron chi connectivity index (χ3n) is 2.24. The molecule has 80 valence electrons. The molecule has 14 heavy (non-hydrogen) atoms. The summed E-state index contributed by atoms with van der Waals surface area (Å²) in [7, 11) is 0. The highest BCUT2D eigenvalue weighted by Gasteiger charge is 1.99. The average Bonchev–Trinajstić information content (AvgIpc) is 2.65. The maximum Gasteiger partial charge on any atom is 0.0962 e. The molecular weight excluding hydrogens is 178 g/mol. The average molecular weight is 197 g/mol. The summed E-state index contributed by atoms with van der Waals surface area (Å²) >= 11 is 0. The van der Waals surface area contributed by atoms with Crippen LogP contribution in [0.2, 0.25) is 0 Å². The minimum atomic E-state index is 0.457. The molecule has 0 aromatic carbocycles. The normalized spacial score (nSPS) is 13.1. The van der Waals surface area contributed by atoms with Gasteiger partial charge in [-0.25, -0.2) is 0 Å². The first-order valence-electron chi connectivity index (χ1n) is 5.08. The fourth-order valence-electron chi connectivity index (χ4n) is 1.11. The van der Waals surface area contributed by atoms with Crippen LogP contribution in [0.25, 0.3) is 0 Å². The van der Waals surface area contributed by atoms with Gasteiger partial charge in [0.1, 0.15) is 0 Å². The standard InChI is InChI=1S/C9H19N5/c1-3-8(2)11-4-5-14-7-9(6-10)12-13-14/h7-8,11H,3-6,10H2,1-2H3. The third-order valence-corrected chi connectivity index (χ3v) is 2.24. The Morgan fingerprint density at radius 1 is 1.64 bits per heavy atom. The van der Waals surface area contributed by atoms with Crippen molar-refractivity contribution in [2.45, 2.75) is 39.4 Å². The predicted octanol–water partition coefficient (Wildman–Crippen LogP) is 0.125. The molecule has 5 nitrogen and oxygen atoms in total. The smallest absolute Gasteiger partial charge is 0.0962 e. The molecule has 0 radical (unpaired) electrons. The van der Waals surface area contributed by atoms with Crippen molar-refractivity contribution in [3.05, 3.63) is 11.9 Å². The number of aromatic nitrogens is 3. The highest BCUT2D eigenvalue weighted by atomic mass is 15.4. The molecule has 1 unspecified atom stereocenters. The van der Waals surface area contributed by atoms with E-state index in [1.165, 1.54) is 0 Å². The number of nitrogens with one attached hydrogen (secondary N) is 1. The molecule has 0 aliphatic carbocycles. The van der Waals surface area contributed by atoms with Crippen molar-refractivity contribution in [1.29, 1.82) is 0 Å². The third kappa shape index (κ3) is 3.43. The van der Waals surface area contributed by atoms with Crippen LogP contribution in [0.5, 0.6) is 0 Å². The van der Waals surface area contributed by atoms with Gasteiger partial charge in [-0.15, -0.1) is 5.10 Å². The Hall–Kier alpha value is -0.940. The van der Waals surface area contributed by atoms with Gasteiger partial charge in [-0.1, -0.05) is 12.1 Å². The SMILES string of the molecule is CCC(C)NCCn1cc(CN)nn1. The molecule has 3 N–H and O–H groups in total. The van der Waals surface area contributed by atoms with E-state index >= 15 is 0 Å². The molecule has 1 rings (SSSR count). The Kier molecular flexibility index (Phi) is 4.55. The van der Waals surface area contributed by atoms with E-state index in [0.29, 0.717) is 12.6 Å². The van der Waals surface area contributed by atoms with Gasteiger partial charge in [-0.05, 0) is 13.3 Å². The van der Waals surface area contributed by atoms with Gasteiger partial charge in [0.05, 0.1) is 12.2 Å². The Balaban J connectivity index is 2.24. The van der Waals surface area contributed by atoms with Gasteiger partial charge in [0.25, 0.3) is 0 Å². The second kappa shape index (κ2) is 5.72. The van der Waals surface area contributed by atoms with Gasteiger partial charge in [-0.2, -0.15) is 0 Å². The van der Waals surface area contributed by atoms with E-state index in [-0.39, 0.29) is 0 Å². The van der Waals surface area contributed by atoms with Crippen LogP contribution in [0.1, 0.15) is 26.0 Å². The molecule has 0 spiro atoms. The highest BCUT2D eigenvalue weighted by molar-refractivity contribution is 4.90. The minimum Gasteiger partial charge on any atom is -0.325 e. The Labute approximate surface area is 84.7 Å². The molecule has 5 heteroatoms. The van der Waals surface area contributed by atoms with Crippen LogP contribution in [-0.4, -0.2) is 27.6 Å². The number of hydrogen-bond donors (Lipinski definition) is 2. The van der Waals surface area contributed by atoms with Crippen molar-refractivity contribution in [1.82, 2.24) is 20.3 Å². The molecule has 0 aliphatic heterocycles. The van der Waals surface area contributed by atoms with E-state index in [2.05, 4.69) is 29.5 Å². The van der Waals surface area contributed by atoms with Crippen LogP contribution < -0.4 is 11.1 Å². The lowest BCUT2D eigenvalue weighted by Crippen LogP contribution is -2.28. The predicted molar refractivity (Wildman–Crippen MR) is 55.7 cm³/mol. The van der Waals surface area contributed by atoms with E-state index in [9.17, 15) is 0 Å². The van der Waals surface area contributed by atoms with E-state index in [0.717, 1.165) is 25.2 Å². The molecular formula is C9H19N5. The quantitative estimate of drug-likeness (QED) is 0.680. The molecule has 0 bridgehead atoms. The van der Waals surface area contributed by atoms with E-state index < -0.39 is 0 Å². The van der Waals surface area contributed by atoms with Gasteiger partial charge in [0.2, 0.25) is 0 Å². The summed E-state index contributed by atoms with van der Waals surface area (Å²) in [6, 6.07) is 0.563. The lowest BCUT2D eigenvalue weighted by molar-refractivity contribution is 0.481. The number of nitrogens with zero attached hydrogens (tertiary/aromatic N) is 3. The molecule has 0 saturated carbocycles. The van der Waals surface area contributed by atoms with Crippen LogP contribution in [0, 0.1) is 0 Å². The van der Waals surface area contributed by atoms with Crippen LogP contribution in [-0.2, 0) is 13.1 Å². The van der Waals surface area contributed by atoms with Crippen LogP contribution in [0.4, 0.5) is 0 Å². The van der Waals surface area contributed by atoms with Crippen molar-refractivity contribution in [3.8, 4) is 0 Å². The first-order valence-corrected chi connectivity index (χ1v) is 5.08. The lowest BCUT2D eigenvalue weighted by atomic mass is 10.3. The van der Waals surface area contributed by atoms with Crippen molar-refractivity contribution in [3.63, 3.8) is 0 Å². The summed E-state index contributed by atoms with van der Waals surface area (Å²) in [5.74, 6) is 0. The minimum absolute atomic E-state index is 0.457. The zero-order valence-corrected chi connectivity index (χ0v) is 8.90. The molecule has 0 aliphatic rings. The molecule has 0 amide bonds. The molecule has 1 atom stereocenters. The second-order valence-corrected chi connectivity index (χ2v) is 3.44. The second-order valence-electron chi connectivity index (χ2n) is 3.44. The molecule has 1 aromatic rings. The lowest BCUT2D eigenvalue weighted by Gasteiger charge is -2.10.